The molecule has 1 aromatic rings. The van der Waals surface area contributed by atoms with E-state index in [1.54, 1.807) is 0 Å². The van der Waals surface area contributed by atoms with Crippen molar-refractivity contribution in [3.63, 3.8) is 0 Å². The van der Waals surface area contributed by atoms with Crippen LogP contribution in [-0.4, -0.2) is 20.7 Å². The van der Waals surface area contributed by atoms with Gasteiger partial charge in [0.15, 0.2) is 12.0 Å². The van der Waals surface area contributed by atoms with Crippen molar-refractivity contribution in [3.05, 3.63) is 17.9 Å². The molecular formula is C13H19NO4S. The normalized spacial score (nSPS) is 23.2. The van der Waals surface area contributed by atoms with Gasteiger partial charge in [-0.05, 0) is 36.8 Å². The Morgan fingerprint density at radius 1 is 1.42 bits per heavy atom. The van der Waals surface area contributed by atoms with Crippen LogP contribution in [0.2, 0.25) is 0 Å². The fourth-order valence-electron chi connectivity index (χ4n) is 2.62. The molecule has 1 N–H and O–H groups in total. The van der Waals surface area contributed by atoms with E-state index in [4.69, 9.17) is 4.42 Å². The number of aldehydes is 1. The molecule has 1 unspecified atom stereocenters. The molecule has 1 aliphatic rings. The van der Waals surface area contributed by atoms with Crippen LogP contribution < -0.4 is 4.72 Å². The van der Waals surface area contributed by atoms with Gasteiger partial charge in [0.2, 0.25) is 5.09 Å². The van der Waals surface area contributed by atoms with Crippen molar-refractivity contribution >= 4 is 16.3 Å². The molecule has 1 heterocycles. The van der Waals surface area contributed by atoms with Gasteiger partial charge in [0, 0.05) is 6.04 Å². The second-order valence-electron chi connectivity index (χ2n) is 5.85. The largest absolute Gasteiger partial charge is 0.440 e. The van der Waals surface area contributed by atoms with Gasteiger partial charge in [0.25, 0.3) is 10.0 Å². The average molecular weight is 285 g/mol. The molecule has 1 aliphatic carbocycles. The van der Waals surface area contributed by atoms with Gasteiger partial charge in [-0.2, -0.15) is 0 Å². The Morgan fingerprint density at radius 3 is 2.74 bits per heavy atom. The molecular weight excluding hydrogens is 266 g/mol. The fourth-order valence-corrected chi connectivity index (χ4v) is 3.83. The van der Waals surface area contributed by atoms with E-state index >= 15 is 0 Å². The highest BCUT2D eigenvalue weighted by atomic mass is 32.2. The van der Waals surface area contributed by atoms with Gasteiger partial charge >= 0.3 is 0 Å². The lowest BCUT2D eigenvalue weighted by atomic mass is 9.75. The summed E-state index contributed by atoms with van der Waals surface area (Å²) >= 11 is 0. The highest BCUT2D eigenvalue weighted by Gasteiger charge is 2.31. The summed E-state index contributed by atoms with van der Waals surface area (Å²) in [6.07, 6.45) is 4.26. The average Bonchev–Trinajstić information content (AvgIpc) is 2.76. The van der Waals surface area contributed by atoms with E-state index in [1.165, 1.54) is 12.1 Å². The number of carbonyl (C=O) groups excluding carboxylic acids is 1. The van der Waals surface area contributed by atoms with Gasteiger partial charge in [-0.1, -0.05) is 20.3 Å². The molecule has 5 nitrogen and oxygen atoms in total. The molecule has 0 spiro atoms. The molecule has 1 aromatic heterocycles. The summed E-state index contributed by atoms with van der Waals surface area (Å²) in [4.78, 5) is 10.5. The zero-order valence-corrected chi connectivity index (χ0v) is 12.0. The third kappa shape index (κ3) is 3.45. The van der Waals surface area contributed by atoms with Gasteiger partial charge < -0.3 is 4.42 Å². The first-order valence-corrected chi connectivity index (χ1v) is 7.88. The van der Waals surface area contributed by atoms with Crippen LogP contribution in [0, 0.1) is 5.41 Å². The van der Waals surface area contributed by atoms with Gasteiger partial charge in [-0.25, -0.2) is 13.1 Å². The summed E-state index contributed by atoms with van der Waals surface area (Å²) in [7, 11) is -3.67. The van der Waals surface area contributed by atoms with Crippen LogP contribution in [0.25, 0.3) is 0 Å². The van der Waals surface area contributed by atoms with Crippen molar-refractivity contribution < 1.29 is 17.6 Å². The zero-order chi connectivity index (χ0) is 14.1. The molecule has 2 rings (SSSR count). The van der Waals surface area contributed by atoms with E-state index in [0.717, 1.165) is 25.7 Å². The van der Waals surface area contributed by atoms with Crippen LogP contribution in [-0.2, 0) is 10.0 Å². The molecule has 0 bridgehead atoms. The molecule has 0 amide bonds. The Morgan fingerprint density at radius 2 is 2.16 bits per heavy atom. The summed E-state index contributed by atoms with van der Waals surface area (Å²) in [5, 5.41) is -0.196. The SMILES string of the molecule is CC1(C)CCCC(NS(=O)(=O)c2ccc(C=O)o2)C1. The van der Waals surface area contributed by atoms with Gasteiger partial charge in [-0.3, -0.25) is 4.79 Å². The molecule has 1 atom stereocenters. The molecule has 0 saturated heterocycles. The highest BCUT2D eigenvalue weighted by Crippen LogP contribution is 2.35. The molecule has 106 valence electrons. The van der Waals surface area contributed by atoms with E-state index in [2.05, 4.69) is 18.6 Å². The van der Waals surface area contributed by atoms with Crippen molar-refractivity contribution in [3.8, 4) is 0 Å². The molecule has 0 aliphatic heterocycles. The predicted molar refractivity (Wildman–Crippen MR) is 70.5 cm³/mol. The summed E-state index contributed by atoms with van der Waals surface area (Å²) in [6, 6.07) is 2.59. The van der Waals surface area contributed by atoms with E-state index in [9.17, 15) is 13.2 Å². The minimum atomic E-state index is -3.67. The maximum atomic E-state index is 12.1. The maximum absolute atomic E-state index is 12.1. The third-order valence-electron chi connectivity index (χ3n) is 3.51. The van der Waals surface area contributed by atoms with Crippen molar-refractivity contribution in [1.82, 2.24) is 4.72 Å². The molecule has 6 heteroatoms. The fraction of sp³-hybridized carbons (Fsp3) is 0.615. The van der Waals surface area contributed by atoms with Crippen molar-refractivity contribution in [2.45, 2.75) is 50.7 Å². The number of sulfonamides is 1. The van der Waals surface area contributed by atoms with Crippen molar-refractivity contribution in [1.29, 1.82) is 0 Å². The number of carbonyl (C=O) groups is 1. The monoisotopic (exact) mass is 285 g/mol. The number of furan rings is 1. The minimum absolute atomic E-state index is 0.0179. The molecule has 1 fully saturated rings. The molecule has 0 radical (unpaired) electrons. The summed E-state index contributed by atoms with van der Waals surface area (Å²) in [5.41, 5.74) is 0.155. The Hall–Kier alpha value is -1.14. The first-order valence-electron chi connectivity index (χ1n) is 6.40. The van der Waals surface area contributed by atoms with Gasteiger partial charge in [0.1, 0.15) is 0 Å². The van der Waals surface area contributed by atoms with Crippen LogP contribution in [0.5, 0.6) is 0 Å². The van der Waals surface area contributed by atoms with Crippen LogP contribution in [0.1, 0.15) is 50.1 Å². The maximum Gasteiger partial charge on any atom is 0.274 e. The minimum Gasteiger partial charge on any atom is -0.440 e. The lowest BCUT2D eigenvalue weighted by Gasteiger charge is -2.35. The Balaban J connectivity index is 2.11. The number of rotatable bonds is 4. The van der Waals surface area contributed by atoms with Crippen LogP contribution in [0.3, 0.4) is 0 Å². The predicted octanol–water partition coefficient (Wildman–Crippen LogP) is 2.34. The van der Waals surface area contributed by atoms with Gasteiger partial charge in [-0.15, -0.1) is 0 Å². The smallest absolute Gasteiger partial charge is 0.274 e. The quantitative estimate of drug-likeness (QED) is 0.861. The topological polar surface area (TPSA) is 76.4 Å². The van der Waals surface area contributed by atoms with Gasteiger partial charge in [0.05, 0.1) is 0 Å². The van der Waals surface area contributed by atoms with E-state index in [-0.39, 0.29) is 22.3 Å². The van der Waals surface area contributed by atoms with Crippen molar-refractivity contribution in [2.75, 3.05) is 0 Å². The highest BCUT2D eigenvalue weighted by molar-refractivity contribution is 7.89. The molecule has 19 heavy (non-hydrogen) atoms. The summed E-state index contributed by atoms with van der Waals surface area (Å²) in [6.45, 7) is 4.29. The van der Waals surface area contributed by atoms with E-state index in [0.29, 0.717) is 6.29 Å². The molecule has 1 saturated carbocycles. The zero-order valence-electron chi connectivity index (χ0n) is 11.2. The number of nitrogens with one attached hydrogen (secondary N) is 1. The van der Waals surface area contributed by atoms with Crippen LogP contribution >= 0.6 is 0 Å². The Kier molecular flexibility index (Phi) is 3.82. The summed E-state index contributed by atoms with van der Waals surface area (Å²) in [5.74, 6) is 0.0179. The van der Waals surface area contributed by atoms with Crippen LogP contribution in [0.15, 0.2) is 21.6 Å². The van der Waals surface area contributed by atoms with E-state index < -0.39 is 10.0 Å². The van der Waals surface area contributed by atoms with E-state index in [1.807, 2.05) is 0 Å². The standard InChI is InChI=1S/C13H19NO4S/c1-13(2)7-3-4-10(8-13)14-19(16,17)12-6-5-11(9-15)18-12/h5-6,9-10,14H,3-4,7-8H2,1-2H3. The number of hydrogen-bond donors (Lipinski definition) is 1. The first kappa shape index (κ1) is 14.3. The Labute approximate surface area is 113 Å². The third-order valence-corrected chi connectivity index (χ3v) is 4.90. The second kappa shape index (κ2) is 5.09. The Bertz CT molecular complexity index is 559. The number of hydrogen-bond acceptors (Lipinski definition) is 4. The van der Waals surface area contributed by atoms with Crippen LogP contribution in [0.4, 0.5) is 0 Å². The lowest BCUT2D eigenvalue weighted by Crippen LogP contribution is -2.40. The summed E-state index contributed by atoms with van der Waals surface area (Å²) < 4.78 is 31.9. The van der Waals surface area contributed by atoms with Crippen molar-refractivity contribution in [2.24, 2.45) is 5.41 Å². The lowest BCUT2D eigenvalue weighted by molar-refractivity contribution is 0.109. The second-order valence-corrected chi connectivity index (χ2v) is 7.50. The first-order chi connectivity index (χ1) is 8.82. The molecule has 0 aromatic carbocycles.